The number of aryl methyl sites for hydroxylation is 2. The second kappa shape index (κ2) is 27.8. The second-order valence-corrected chi connectivity index (χ2v) is 11.3. The summed E-state index contributed by atoms with van der Waals surface area (Å²) in [5.74, 6) is 0. The summed E-state index contributed by atoms with van der Waals surface area (Å²) in [7, 11) is 0. The van der Waals surface area contributed by atoms with Gasteiger partial charge < -0.3 is 4.90 Å². The lowest BCUT2D eigenvalue weighted by Crippen LogP contribution is -2.09. The van der Waals surface area contributed by atoms with Gasteiger partial charge in [-0.1, -0.05) is 175 Å². The largest absolute Gasteiger partial charge is 0.310 e. The Kier molecular flexibility index (Phi) is 23.6. The van der Waals surface area contributed by atoms with E-state index in [4.69, 9.17) is 5.26 Å². The maximum Gasteiger partial charge on any atom is 0.0991 e. The van der Waals surface area contributed by atoms with Crippen LogP contribution in [0.25, 0.3) is 21.9 Å². The zero-order valence-corrected chi connectivity index (χ0v) is 33.4. The third-order valence-electron chi connectivity index (χ3n) is 7.47. The lowest BCUT2D eigenvalue weighted by molar-refractivity contribution is 0.922. The number of hydrogen-bond donors (Lipinski definition) is 0. The van der Waals surface area contributed by atoms with Gasteiger partial charge in [0.2, 0.25) is 0 Å². The highest BCUT2D eigenvalue weighted by molar-refractivity contribution is 5.89. The molecular formula is C51H60N2. The molecule has 0 saturated heterocycles. The lowest BCUT2D eigenvalue weighted by atomic mass is 10.0. The Balaban J connectivity index is 0.000000504. The predicted molar refractivity (Wildman–Crippen MR) is 238 cm³/mol. The molecule has 0 radical (unpaired) electrons. The minimum atomic E-state index is 0.741. The smallest absolute Gasteiger partial charge is 0.0991 e. The van der Waals surface area contributed by atoms with Gasteiger partial charge in [0, 0.05) is 17.1 Å². The number of nitrogens with zero attached hydrogens (tertiary/aromatic N) is 2. The zero-order chi connectivity index (χ0) is 39.3. The van der Waals surface area contributed by atoms with E-state index < -0.39 is 0 Å². The van der Waals surface area contributed by atoms with Crippen molar-refractivity contribution in [1.29, 1.82) is 5.26 Å². The van der Waals surface area contributed by atoms with Crippen molar-refractivity contribution < 1.29 is 0 Å². The van der Waals surface area contributed by atoms with E-state index in [1.54, 1.807) is 12.2 Å². The van der Waals surface area contributed by atoms with Gasteiger partial charge in [0.15, 0.2) is 0 Å². The molecule has 6 rings (SSSR count). The average molecular weight is 701 g/mol. The fraction of sp³-hybridized carbons (Fsp3) is 0.196. The van der Waals surface area contributed by atoms with Crippen LogP contribution in [0.2, 0.25) is 0 Å². The highest BCUT2D eigenvalue weighted by Crippen LogP contribution is 2.37. The van der Waals surface area contributed by atoms with Crippen LogP contribution in [0.3, 0.4) is 0 Å². The van der Waals surface area contributed by atoms with Crippen LogP contribution in [0.5, 0.6) is 0 Å². The predicted octanol–water partition coefficient (Wildman–Crippen LogP) is 15.8. The first-order chi connectivity index (χ1) is 26.0. The van der Waals surface area contributed by atoms with Crippen molar-refractivity contribution in [2.75, 3.05) is 4.90 Å². The summed E-state index contributed by atoms with van der Waals surface area (Å²) in [5, 5.41) is 11.0. The fourth-order valence-corrected chi connectivity index (χ4v) is 5.06. The van der Waals surface area contributed by atoms with Crippen LogP contribution in [0.15, 0.2) is 183 Å². The topological polar surface area (TPSA) is 27.0 Å². The Morgan fingerprint density at radius 2 is 1.09 bits per heavy atom. The maximum absolute atomic E-state index is 8.51. The SMILES string of the molecule is C=C/C=C\C.C=CC.CC.CC.CCCc1ccc(C#N)cc1.Cc1ccc(N(c2ccc(-c3ccccc3)cc2)c2ccc3ccccc3c2)cc1. The van der Waals surface area contributed by atoms with Gasteiger partial charge in [-0.25, -0.2) is 0 Å². The van der Waals surface area contributed by atoms with Gasteiger partial charge in [-0.05, 0) is 103 Å². The molecular weight excluding hydrogens is 641 g/mol. The summed E-state index contributed by atoms with van der Waals surface area (Å²) in [4.78, 5) is 2.32. The minimum absolute atomic E-state index is 0.741. The number of rotatable bonds is 7. The molecule has 0 fully saturated rings. The molecule has 0 aromatic heterocycles. The van der Waals surface area contributed by atoms with Gasteiger partial charge in [0.25, 0.3) is 0 Å². The molecule has 2 heteroatoms. The van der Waals surface area contributed by atoms with E-state index >= 15 is 0 Å². The van der Waals surface area contributed by atoms with Crippen LogP contribution in [0.4, 0.5) is 17.1 Å². The Hall–Kier alpha value is -5.91. The number of fused-ring (bicyclic) bond motifs is 1. The maximum atomic E-state index is 8.51. The lowest BCUT2D eigenvalue weighted by Gasteiger charge is -2.26. The molecule has 0 heterocycles. The molecule has 0 bridgehead atoms. The first-order valence-corrected chi connectivity index (χ1v) is 18.8. The van der Waals surface area contributed by atoms with Crippen molar-refractivity contribution in [3.05, 3.63) is 200 Å². The van der Waals surface area contributed by atoms with Gasteiger partial charge in [-0.3, -0.25) is 0 Å². The summed E-state index contributed by atoms with van der Waals surface area (Å²) >= 11 is 0. The molecule has 6 aromatic rings. The normalized spacial score (nSPS) is 9.34. The van der Waals surface area contributed by atoms with E-state index in [0.717, 1.165) is 35.5 Å². The Labute approximate surface area is 322 Å². The molecule has 0 aliphatic heterocycles. The Bertz CT molecular complexity index is 1910. The molecule has 2 nitrogen and oxygen atoms in total. The molecule has 0 aliphatic carbocycles. The minimum Gasteiger partial charge on any atom is -0.310 e. The number of allylic oxidation sites excluding steroid dienone is 4. The molecule has 0 saturated carbocycles. The summed E-state index contributed by atoms with van der Waals surface area (Å²) < 4.78 is 0. The van der Waals surface area contributed by atoms with Crippen molar-refractivity contribution in [2.45, 2.75) is 68.2 Å². The molecule has 274 valence electrons. The summed E-state index contributed by atoms with van der Waals surface area (Å²) in [6, 6.07) is 53.1. The van der Waals surface area contributed by atoms with Gasteiger partial charge in [-0.15, -0.1) is 6.58 Å². The number of nitriles is 1. The van der Waals surface area contributed by atoms with Gasteiger partial charge in [0.1, 0.15) is 0 Å². The first-order valence-electron chi connectivity index (χ1n) is 18.8. The molecule has 0 spiro atoms. The van der Waals surface area contributed by atoms with Crippen LogP contribution < -0.4 is 4.90 Å². The van der Waals surface area contributed by atoms with Crippen molar-refractivity contribution in [2.24, 2.45) is 0 Å². The Morgan fingerprint density at radius 3 is 1.58 bits per heavy atom. The molecule has 0 aliphatic rings. The average Bonchev–Trinajstić information content (AvgIpc) is 3.22. The summed E-state index contributed by atoms with van der Waals surface area (Å²) in [6.45, 7) is 22.9. The van der Waals surface area contributed by atoms with Crippen LogP contribution in [0, 0.1) is 18.3 Å². The van der Waals surface area contributed by atoms with Gasteiger partial charge in [0.05, 0.1) is 11.6 Å². The third kappa shape index (κ3) is 15.9. The molecule has 0 unspecified atom stereocenters. The van der Waals surface area contributed by atoms with E-state index in [1.807, 2.05) is 78.0 Å². The Morgan fingerprint density at radius 1 is 0.604 bits per heavy atom. The van der Waals surface area contributed by atoms with Crippen molar-refractivity contribution >= 4 is 27.8 Å². The molecule has 6 aromatic carbocycles. The quantitative estimate of drug-likeness (QED) is 0.122. The van der Waals surface area contributed by atoms with E-state index in [2.05, 4.69) is 159 Å². The molecule has 0 atom stereocenters. The van der Waals surface area contributed by atoms with E-state index in [0.29, 0.717) is 0 Å². The van der Waals surface area contributed by atoms with Crippen molar-refractivity contribution in [3.63, 3.8) is 0 Å². The number of anilines is 3. The van der Waals surface area contributed by atoms with Crippen LogP contribution in [0.1, 0.15) is 71.6 Å². The van der Waals surface area contributed by atoms with E-state index in [9.17, 15) is 0 Å². The van der Waals surface area contributed by atoms with Gasteiger partial charge in [-0.2, -0.15) is 5.26 Å². The fourth-order valence-electron chi connectivity index (χ4n) is 5.06. The summed E-state index contributed by atoms with van der Waals surface area (Å²) in [6.07, 6.45) is 9.59. The molecule has 0 amide bonds. The zero-order valence-electron chi connectivity index (χ0n) is 33.4. The molecule has 53 heavy (non-hydrogen) atoms. The van der Waals surface area contributed by atoms with E-state index in [1.165, 1.54) is 33.0 Å². The van der Waals surface area contributed by atoms with Crippen LogP contribution in [-0.2, 0) is 6.42 Å². The summed E-state index contributed by atoms with van der Waals surface area (Å²) in [5.41, 5.74) is 9.23. The molecule has 0 N–H and O–H groups in total. The standard InChI is InChI=1S/C29H23N.C10H11N.C5H8.C3H6.2C2H6/c1-22-11-16-27(17-12-22)30(29-20-15-24-9-5-6-10-26(24)21-29)28-18-13-25(14-19-28)23-7-3-2-4-8-23;1-2-3-9-4-6-10(8-11)7-5-9;1-3-5-4-2;1-3-2;2*1-2/h2-21H,1H3;4-7H,2-3H2,1H3;3-5H,1H2,2H3;3H,1H2,2H3;2*1-2H3/b;;5-4-;;;. The highest BCUT2D eigenvalue weighted by Gasteiger charge is 2.13. The highest BCUT2D eigenvalue weighted by atomic mass is 15.1. The van der Waals surface area contributed by atoms with E-state index in [-0.39, 0.29) is 0 Å². The number of benzene rings is 6. The third-order valence-corrected chi connectivity index (χ3v) is 7.47. The van der Waals surface area contributed by atoms with Crippen LogP contribution in [-0.4, -0.2) is 0 Å². The van der Waals surface area contributed by atoms with Gasteiger partial charge >= 0.3 is 0 Å². The monoisotopic (exact) mass is 700 g/mol. The van der Waals surface area contributed by atoms with Crippen molar-refractivity contribution in [1.82, 2.24) is 0 Å². The first kappa shape index (κ1) is 45.1. The van der Waals surface area contributed by atoms with Crippen LogP contribution >= 0.6 is 0 Å². The number of hydrogen-bond acceptors (Lipinski definition) is 2. The second-order valence-electron chi connectivity index (χ2n) is 11.3. The van der Waals surface area contributed by atoms with Crippen molar-refractivity contribution in [3.8, 4) is 17.2 Å².